The third kappa shape index (κ3) is 2.69. The van der Waals surface area contributed by atoms with Crippen LogP contribution in [0.3, 0.4) is 0 Å². The van der Waals surface area contributed by atoms with Crippen molar-refractivity contribution in [3.05, 3.63) is 53.6 Å². The van der Waals surface area contributed by atoms with E-state index >= 15 is 0 Å². The van der Waals surface area contributed by atoms with E-state index in [1.165, 1.54) is 22.3 Å². The van der Waals surface area contributed by atoms with Crippen LogP contribution in [0.25, 0.3) is 11.1 Å². The summed E-state index contributed by atoms with van der Waals surface area (Å²) in [5, 5.41) is 0. The van der Waals surface area contributed by atoms with Crippen molar-refractivity contribution >= 4 is 0 Å². The lowest BCUT2D eigenvalue weighted by molar-refractivity contribution is 0.154. The minimum Gasteiger partial charge on any atom is -0.490 e. The van der Waals surface area contributed by atoms with Gasteiger partial charge >= 0.3 is 0 Å². The van der Waals surface area contributed by atoms with Gasteiger partial charge in [0.2, 0.25) is 0 Å². The molecule has 0 amide bonds. The monoisotopic (exact) mass is 270 g/mol. The molecule has 2 aromatic carbocycles. The molecular weight excluding hydrogens is 251 g/mol. The molecule has 2 heteroatoms. The predicted octanol–water partition coefficient (Wildman–Crippen LogP) is 4.72. The SMILES string of the molecule is Cc1ccc(-c2ccc3c(c2)CCC(CCF)O3)cc1. The van der Waals surface area contributed by atoms with Gasteiger partial charge in [0.05, 0.1) is 6.67 Å². The summed E-state index contributed by atoms with van der Waals surface area (Å²) in [6, 6.07) is 14.9. The molecule has 0 fully saturated rings. The van der Waals surface area contributed by atoms with Gasteiger partial charge in [-0.25, -0.2) is 0 Å². The first-order valence-electron chi connectivity index (χ1n) is 7.19. The van der Waals surface area contributed by atoms with E-state index in [0.29, 0.717) is 6.42 Å². The maximum atomic E-state index is 12.4. The summed E-state index contributed by atoms with van der Waals surface area (Å²) in [5.74, 6) is 0.922. The molecule has 1 unspecified atom stereocenters. The van der Waals surface area contributed by atoms with Crippen molar-refractivity contribution in [3.8, 4) is 16.9 Å². The van der Waals surface area contributed by atoms with Crippen LogP contribution in [-0.2, 0) is 6.42 Å². The Hall–Kier alpha value is -1.83. The van der Waals surface area contributed by atoms with E-state index in [2.05, 4.69) is 43.3 Å². The molecule has 1 nitrogen and oxygen atoms in total. The summed E-state index contributed by atoms with van der Waals surface area (Å²) < 4.78 is 18.2. The van der Waals surface area contributed by atoms with E-state index in [-0.39, 0.29) is 12.8 Å². The number of halogens is 1. The fourth-order valence-corrected chi connectivity index (χ4v) is 2.70. The lowest BCUT2D eigenvalue weighted by Crippen LogP contribution is -2.23. The van der Waals surface area contributed by atoms with Gasteiger partial charge in [0.25, 0.3) is 0 Å². The number of aryl methyl sites for hydroxylation is 2. The molecule has 0 spiro atoms. The molecule has 1 aliphatic rings. The molecular formula is C18H19FO. The van der Waals surface area contributed by atoms with Gasteiger partial charge in [0.1, 0.15) is 11.9 Å². The average Bonchev–Trinajstić information content (AvgIpc) is 2.48. The summed E-state index contributed by atoms with van der Waals surface area (Å²) in [4.78, 5) is 0. The quantitative estimate of drug-likeness (QED) is 0.784. The van der Waals surface area contributed by atoms with Crippen molar-refractivity contribution in [1.82, 2.24) is 0 Å². The second-order valence-corrected chi connectivity index (χ2v) is 5.44. The highest BCUT2D eigenvalue weighted by Crippen LogP contribution is 2.32. The van der Waals surface area contributed by atoms with Crippen LogP contribution in [0.4, 0.5) is 4.39 Å². The first-order chi connectivity index (χ1) is 9.76. The van der Waals surface area contributed by atoms with Crippen LogP contribution in [0.2, 0.25) is 0 Å². The van der Waals surface area contributed by atoms with Crippen molar-refractivity contribution in [1.29, 1.82) is 0 Å². The highest BCUT2D eigenvalue weighted by molar-refractivity contribution is 5.66. The molecule has 0 radical (unpaired) electrons. The van der Waals surface area contributed by atoms with Crippen LogP contribution in [-0.4, -0.2) is 12.8 Å². The Morgan fingerprint density at radius 3 is 2.60 bits per heavy atom. The molecule has 0 saturated heterocycles. The maximum absolute atomic E-state index is 12.4. The average molecular weight is 270 g/mol. The smallest absolute Gasteiger partial charge is 0.122 e. The van der Waals surface area contributed by atoms with Crippen LogP contribution in [0.1, 0.15) is 24.0 Å². The minimum atomic E-state index is -0.304. The van der Waals surface area contributed by atoms with Gasteiger partial charge in [0.15, 0.2) is 0 Å². The largest absolute Gasteiger partial charge is 0.490 e. The second-order valence-electron chi connectivity index (χ2n) is 5.44. The van der Waals surface area contributed by atoms with Crippen molar-refractivity contribution in [2.75, 3.05) is 6.67 Å². The summed E-state index contributed by atoms with van der Waals surface area (Å²) in [5.41, 5.74) is 4.95. The fourth-order valence-electron chi connectivity index (χ4n) is 2.70. The van der Waals surface area contributed by atoms with Gasteiger partial charge in [0, 0.05) is 6.42 Å². The zero-order valence-electron chi connectivity index (χ0n) is 11.7. The van der Waals surface area contributed by atoms with Gasteiger partial charge in [-0.15, -0.1) is 0 Å². The lowest BCUT2D eigenvalue weighted by Gasteiger charge is -2.26. The predicted molar refractivity (Wildman–Crippen MR) is 79.9 cm³/mol. The number of alkyl halides is 1. The maximum Gasteiger partial charge on any atom is 0.122 e. The normalized spacial score (nSPS) is 17.4. The van der Waals surface area contributed by atoms with Crippen LogP contribution in [0, 0.1) is 6.92 Å². The first-order valence-corrected chi connectivity index (χ1v) is 7.19. The highest BCUT2D eigenvalue weighted by Gasteiger charge is 2.19. The van der Waals surface area contributed by atoms with Gasteiger partial charge in [-0.2, -0.15) is 0 Å². The zero-order valence-corrected chi connectivity index (χ0v) is 11.7. The Morgan fingerprint density at radius 1 is 1.10 bits per heavy atom. The topological polar surface area (TPSA) is 9.23 Å². The third-order valence-electron chi connectivity index (χ3n) is 3.91. The summed E-state index contributed by atoms with van der Waals surface area (Å²) in [6.45, 7) is 1.79. The van der Waals surface area contributed by atoms with Crippen molar-refractivity contribution < 1.29 is 9.13 Å². The fraction of sp³-hybridized carbons (Fsp3) is 0.333. The molecule has 104 valence electrons. The molecule has 0 aliphatic carbocycles. The summed E-state index contributed by atoms with van der Waals surface area (Å²) in [6.07, 6.45) is 2.42. The molecule has 20 heavy (non-hydrogen) atoms. The van der Waals surface area contributed by atoms with Crippen molar-refractivity contribution in [3.63, 3.8) is 0 Å². The van der Waals surface area contributed by atoms with E-state index in [9.17, 15) is 4.39 Å². The highest BCUT2D eigenvalue weighted by atomic mass is 19.1. The molecule has 1 atom stereocenters. The first kappa shape index (κ1) is 13.2. The number of rotatable bonds is 3. The Bertz CT molecular complexity index is 589. The molecule has 0 N–H and O–H groups in total. The van der Waals surface area contributed by atoms with E-state index in [1.807, 2.05) is 6.07 Å². The van der Waals surface area contributed by atoms with Crippen molar-refractivity contribution in [2.24, 2.45) is 0 Å². The Labute approximate surface area is 119 Å². The molecule has 0 saturated carbocycles. The number of hydrogen-bond acceptors (Lipinski definition) is 1. The molecule has 2 aromatic rings. The van der Waals surface area contributed by atoms with Gasteiger partial charge in [-0.3, -0.25) is 4.39 Å². The Kier molecular flexibility index (Phi) is 3.72. The van der Waals surface area contributed by atoms with E-state index in [0.717, 1.165) is 18.6 Å². The number of fused-ring (bicyclic) bond motifs is 1. The molecule has 0 bridgehead atoms. The van der Waals surface area contributed by atoms with E-state index < -0.39 is 0 Å². The number of benzene rings is 2. The Morgan fingerprint density at radius 2 is 1.85 bits per heavy atom. The van der Waals surface area contributed by atoms with Crippen LogP contribution in [0.5, 0.6) is 5.75 Å². The van der Waals surface area contributed by atoms with Crippen molar-refractivity contribution in [2.45, 2.75) is 32.3 Å². The van der Waals surface area contributed by atoms with Crippen LogP contribution >= 0.6 is 0 Å². The number of hydrogen-bond donors (Lipinski definition) is 0. The van der Waals surface area contributed by atoms with Gasteiger partial charge < -0.3 is 4.74 Å². The Balaban J connectivity index is 1.85. The van der Waals surface area contributed by atoms with Gasteiger partial charge in [-0.05, 0) is 48.6 Å². The van der Waals surface area contributed by atoms with E-state index in [4.69, 9.17) is 4.74 Å². The van der Waals surface area contributed by atoms with Gasteiger partial charge in [-0.1, -0.05) is 35.9 Å². The van der Waals surface area contributed by atoms with Crippen LogP contribution in [0.15, 0.2) is 42.5 Å². The summed E-state index contributed by atoms with van der Waals surface area (Å²) >= 11 is 0. The number of ether oxygens (including phenoxy) is 1. The standard InChI is InChI=1S/C18H19FO/c1-13-2-4-14(5-3-13)15-7-9-18-16(12-15)6-8-17(20-18)10-11-19/h2-5,7,9,12,17H,6,8,10-11H2,1H3. The summed E-state index contributed by atoms with van der Waals surface area (Å²) in [7, 11) is 0. The van der Waals surface area contributed by atoms with Crippen LogP contribution < -0.4 is 4.74 Å². The molecule has 1 heterocycles. The zero-order chi connectivity index (χ0) is 13.9. The molecule has 1 aliphatic heterocycles. The van der Waals surface area contributed by atoms with E-state index in [1.54, 1.807) is 0 Å². The lowest BCUT2D eigenvalue weighted by atomic mass is 9.96. The third-order valence-corrected chi connectivity index (χ3v) is 3.91. The molecule has 3 rings (SSSR count). The minimum absolute atomic E-state index is 0.0396. The molecule has 0 aromatic heterocycles. The second kappa shape index (κ2) is 5.66.